The van der Waals surface area contributed by atoms with E-state index in [1.807, 2.05) is 16.7 Å². The van der Waals surface area contributed by atoms with Crippen molar-refractivity contribution >= 4 is 17.2 Å². The van der Waals surface area contributed by atoms with Gasteiger partial charge in [-0.2, -0.15) is 8.78 Å². The zero-order valence-corrected chi connectivity index (χ0v) is 16.7. The molecule has 0 saturated carbocycles. The summed E-state index contributed by atoms with van der Waals surface area (Å²) in [5, 5.41) is 11.0. The average molecular weight is 444 g/mol. The maximum Gasteiger partial charge on any atom is 0.387 e. The summed E-state index contributed by atoms with van der Waals surface area (Å²) in [5.74, 6) is -0.436. The van der Waals surface area contributed by atoms with E-state index in [0.29, 0.717) is 27.6 Å². The van der Waals surface area contributed by atoms with Crippen LogP contribution in [0.2, 0.25) is 5.02 Å². The van der Waals surface area contributed by atoms with Gasteiger partial charge in [-0.25, -0.2) is 4.98 Å². The van der Waals surface area contributed by atoms with Crippen molar-refractivity contribution in [3.05, 3.63) is 87.2 Å². The van der Waals surface area contributed by atoms with Crippen molar-refractivity contribution in [3.8, 4) is 16.9 Å². The van der Waals surface area contributed by atoms with Crippen molar-refractivity contribution in [3.63, 3.8) is 0 Å². The summed E-state index contributed by atoms with van der Waals surface area (Å²) in [4.78, 5) is 18.6. The van der Waals surface area contributed by atoms with Gasteiger partial charge in [-0.05, 0) is 53.9 Å². The Morgan fingerprint density at radius 3 is 2.74 bits per heavy atom. The number of alkyl halides is 2. The number of nitrogens with zero attached hydrogens (tertiary/aromatic N) is 2. The lowest BCUT2D eigenvalue weighted by Crippen LogP contribution is -2.08. The number of aliphatic hydroxyl groups excluding tert-OH is 1. The maximum absolute atomic E-state index is 13.0. The molecular formula is C22H16ClF2N3O3. The van der Waals surface area contributed by atoms with Crippen molar-refractivity contribution in [1.82, 2.24) is 14.4 Å². The Bertz CT molecular complexity index is 1330. The van der Waals surface area contributed by atoms with Crippen LogP contribution in [0.5, 0.6) is 5.75 Å². The highest BCUT2D eigenvalue weighted by molar-refractivity contribution is 6.30. The summed E-state index contributed by atoms with van der Waals surface area (Å²) in [6.45, 7) is -2.99. The standard InChI is InChI=1S/C22H16ClF2N3O3/c23-13-3-4-17(31-22(24)25)14(7-13)15-8-16(29)20-21(15)28-10-12(1-5-18(28)27-20)11-2-6-19(30)26-9-11/h1-7,9-10,15-16,22,29H,8H2,(H,26,30)/t15-,16-/m1/s1. The van der Waals surface area contributed by atoms with E-state index in [-0.39, 0.29) is 17.7 Å². The minimum atomic E-state index is -2.99. The molecular weight excluding hydrogens is 428 g/mol. The Balaban J connectivity index is 1.68. The molecule has 4 aromatic rings. The first-order valence-electron chi connectivity index (χ1n) is 9.54. The molecule has 0 amide bonds. The van der Waals surface area contributed by atoms with Crippen LogP contribution in [0.15, 0.2) is 59.7 Å². The van der Waals surface area contributed by atoms with Crippen LogP contribution in [0.1, 0.15) is 35.4 Å². The normalized spacial score (nSPS) is 18.0. The molecule has 1 aromatic carbocycles. The van der Waals surface area contributed by atoms with Gasteiger partial charge in [-0.15, -0.1) is 0 Å². The third-order valence-corrected chi connectivity index (χ3v) is 5.70. The van der Waals surface area contributed by atoms with Crippen LogP contribution < -0.4 is 10.3 Å². The number of nitrogens with one attached hydrogen (secondary N) is 1. The highest BCUT2D eigenvalue weighted by Crippen LogP contribution is 2.47. The molecule has 6 nitrogen and oxygen atoms in total. The fourth-order valence-electron chi connectivity index (χ4n) is 4.15. The van der Waals surface area contributed by atoms with Crippen LogP contribution in [-0.2, 0) is 0 Å². The molecule has 0 fully saturated rings. The molecule has 1 aliphatic carbocycles. The van der Waals surface area contributed by atoms with Crippen molar-refractivity contribution in [2.45, 2.75) is 25.1 Å². The maximum atomic E-state index is 13.0. The molecule has 2 N–H and O–H groups in total. The van der Waals surface area contributed by atoms with Gasteiger partial charge in [0.2, 0.25) is 5.56 Å². The van der Waals surface area contributed by atoms with Gasteiger partial charge in [-0.3, -0.25) is 4.79 Å². The van der Waals surface area contributed by atoms with Crippen LogP contribution in [0.25, 0.3) is 16.8 Å². The molecule has 0 spiro atoms. The second kappa shape index (κ2) is 7.47. The molecule has 0 bridgehead atoms. The Labute approximate surface area is 179 Å². The predicted octanol–water partition coefficient (Wildman–Crippen LogP) is 4.51. The van der Waals surface area contributed by atoms with Gasteiger partial charge in [-0.1, -0.05) is 11.6 Å². The summed E-state index contributed by atoms with van der Waals surface area (Å²) in [7, 11) is 0. The number of fused-ring (bicyclic) bond motifs is 3. The number of halogens is 3. The molecule has 158 valence electrons. The lowest BCUT2D eigenvalue weighted by molar-refractivity contribution is -0.0505. The number of imidazole rings is 1. The Morgan fingerprint density at radius 1 is 1.19 bits per heavy atom. The molecule has 1 aliphatic rings. The van der Waals surface area contributed by atoms with Crippen LogP contribution in [0, 0.1) is 0 Å². The molecule has 3 aromatic heterocycles. The van der Waals surface area contributed by atoms with Crippen molar-refractivity contribution in [2.75, 3.05) is 0 Å². The number of aliphatic hydroxyl groups is 1. The lowest BCUT2D eigenvalue weighted by atomic mass is 9.95. The van der Waals surface area contributed by atoms with Gasteiger partial charge in [0, 0.05) is 35.0 Å². The summed E-state index contributed by atoms with van der Waals surface area (Å²) in [6, 6.07) is 11.3. The van der Waals surface area contributed by atoms with Crippen LogP contribution in [-0.4, -0.2) is 26.1 Å². The van der Waals surface area contributed by atoms with E-state index in [9.17, 15) is 18.7 Å². The zero-order valence-electron chi connectivity index (χ0n) is 15.9. The monoisotopic (exact) mass is 443 g/mol. The Kier molecular flexibility index (Phi) is 4.75. The molecule has 3 heterocycles. The third-order valence-electron chi connectivity index (χ3n) is 5.47. The van der Waals surface area contributed by atoms with E-state index < -0.39 is 18.6 Å². The number of ether oxygens (including phenoxy) is 1. The van der Waals surface area contributed by atoms with Gasteiger partial charge in [0.25, 0.3) is 0 Å². The second-order valence-electron chi connectivity index (χ2n) is 7.33. The molecule has 2 atom stereocenters. The van der Waals surface area contributed by atoms with E-state index in [1.54, 1.807) is 24.4 Å². The van der Waals surface area contributed by atoms with Crippen LogP contribution in [0.3, 0.4) is 0 Å². The van der Waals surface area contributed by atoms with Gasteiger partial charge < -0.3 is 19.2 Å². The summed E-state index contributed by atoms with van der Waals surface area (Å²) in [6.07, 6.45) is 2.87. The summed E-state index contributed by atoms with van der Waals surface area (Å²) in [5.41, 5.74) is 3.66. The van der Waals surface area contributed by atoms with Crippen LogP contribution in [0.4, 0.5) is 8.78 Å². The quantitative estimate of drug-likeness (QED) is 0.486. The van der Waals surface area contributed by atoms with Crippen molar-refractivity contribution < 1.29 is 18.6 Å². The van der Waals surface area contributed by atoms with Gasteiger partial charge in [0.15, 0.2) is 0 Å². The number of hydrogen-bond acceptors (Lipinski definition) is 4. The average Bonchev–Trinajstić information content (AvgIpc) is 3.27. The molecule has 5 rings (SSSR count). The van der Waals surface area contributed by atoms with Gasteiger partial charge in [0.05, 0.1) is 17.5 Å². The van der Waals surface area contributed by atoms with E-state index in [4.69, 9.17) is 16.3 Å². The van der Waals surface area contributed by atoms with E-state index >= 15 is 0 Å². The molecule has 0 radical (unpaired) electrons. The molecule has 0 aliphatic heterocycles. The number of aromatic nitrogens is 3. The third kappa shape index (κ3) is 3.47. The summed E-state index contributed by atoms with van der Waals surface area (Å²) >= 11 is 6.15. The number of benzene rings is 1. The molecule has 31 heavy (non-hydrogen) atoms. The predicted molar refractivity (Wildman–Crippen MR) is 111 cm³/mol. The largest absolute Gasteiger partial charge is 0.435 e. The fraction of sp³-hybridized carbons (Fsp3) is 0.182. The second-order valence-corrected chi connectivity index (χ2v) is 7.77. The van der Waals surface area contributed by atoms with E-state index in [0.717, 1.165) is 11.1 Å². The van der Waals surface area contributed by atoms with E-state index in [1.165, 1.54) is 18.2 Å². The summed E-state index contributed by atoms with van der Waals surface area (Å²) < 4.78 is 32.5. The van der Waals surface area contributed by atoms with Gasteiger partial charge in [0.1, 0.15) is 11.4 Å². The topological polar surface area (TPSA) is 79.6 Å². The Hall–Kier alpha value is -3.23. The minimum Gasteiger partial charge on any atom is -0.435 e. The molecule has 0 saturated heterocycles. The minimum absolute atomic E-state index is 0.0104. The number of aromatic amines is 1. The molecule has 0 unspecified atom stereocenters. The first-order valence-corrected chi connectivity index (χ1v) is 9.92. The van der Waals surface area contributed by atoms with Crippen molar-refractivity contribution in [1.29, 1.82) is 0 Å². The first kappa shape index (κ1) is 19.7. The van der Waals surface area contributed by atoms with Crippen LogP contribution >= 0.6 is 11.6 Å². The molecule has 9 heteroatoms. The smallest absolute Gasteiger partial charge is 0.387 e. The lowest BCUT2D eigenvalue weighted by Gasteiger charge is -2.18. The first-order chi connectivity index (χ1) is 14.9. The SMILES string of the molecule is O=c1ccc(-c2ccc3nc4c(n3c2)[C@@H](c2cc(Cl)ccc2OC(F)F)C[C@H]4O)c[nH]1. The number of rotatable bonds is 4. The highest BCUT2D eigenvalue weighted by atomic mass is 35.5. The number of H-pyrrole nitrogens is 1. The van der Waals surface area contributed by atoms with E-state index in [2.05, 4.69) is 9.97 Å². The number of hydrogen-bond donors (Lipinski definition) is 2. The highest BCUT2D eigenvalue weighted by Gasteiger charge is 2.37. The van der Waals surface area contributed by atoms with Crippen molar-refractivity contribution in [2.24, 2.45) is 0 Å². The zero-order chi connectivity index (χ0) is 21.7. The fourth-order valence-corrected chi connectivity index (χ4v) is 4.33. The van der Waals surface area contributed by atoms with Gasteiger partial charge >= 0.3 is 6.61 Å². The number of pyridine rings is 2. The Morgan fingerprint density at radius 2 is 2.00 bits per heavy atom.